The van der Waals surface area contributed by atoms with Gasteiger partial charge in [0, 0.05) is 44.4 Å². The minimum Gasteiger partial charge on any atom is -0.472 e. The molecule has 0 spiro atoms. The molecule has 2 amide bonds. The first-order valence-electron chi connectivity index (χ1n) is 12.5. The number of fused-ring (bicyclic) bond motifs is 1. The van der Waals surface area contributed by atoms with Gasteiger partial charge in [0.1, 0.15) is 11.7 Å². The number of pyridine rings is 1. The van der Waals surface area contributed by atoms with Gasteiger partial charge in [-0.25, -0.2) is 4.98 Å². The van der Waals surface area contributed by atoms with Crippen molar-refractivity contribution in [3.8, 4) is 17.7 Å². The molecule has 0 aliphatic carbocycles. The quantitative estimate of drug-likeness (QED) is 0.522. The highest BCUT2D eigenvalue weighted by atomic mass is 16.5. The van der Waals surface area contributed by atoms with Crippen molar-refractivity contribution in [1.82, 2.24) is 24.6 Å². The molecular weight excluding hydrogens is 462 g/mol. The second kappa shape index (κ2) is 13.0. The Morgan fingerprint density at radius 1 is 1.31 bits per heavy atom. The standard InChI is InChI=1S/C26H39N5O5/c1-19-15-31(20(2)18-32)26(34)22-13-21(7-6-8-28(3)4)14-27-25(22)36-23(19)16-29(5)24(33)17-30-9-11-35-12-10-30/h13-14,19-20,23,32H,8-12,15-18H2,1-5H3/t19-,20+,23+/m0/s1. The minimum atomic E-state index is -0.387. The molecule has 1 N–H and O–H groups in total. The molecule has 2 aliphatic rings. The van der Waals surface area contributed by atoms with Gasteiger partial charge in [0.15, 0.2) is 0 Å². The van der Waals surface area contributed by atoms with Crippen molar-refractivity contribution in [2.75, 3.05) is 80.2 Å². The molecule has 10 heteroatoms. The van der Waals surface area contributed by atoms with Crippen molar-refractivity contribution in [1.29, 1.82) is 0 Å². The van der Waals surface area contributed by atoms with Gasteiger partial charge in [0.2, 0.25) is 11.8 Å². The number of aliphatic hydroxyl groups is 1. The second-order valence-corrected chi connectivity index (χ2v) is 9.90. The van der Waals surface area contributed by atoms with Crippen LogP contribution in [0.25, 0.3) is 0 Å². The molecule has 1 fully saturated rings. The van der Waals surface area contributed by atoms with Gasteiger partial charge < -0.3 is 24.4 Å². The summed E-state index contributed by atoms with van der Waals surface area (Å²) in [6.45, 7) is 8.04. The summed E-state index contributed by atoms with van der Waals surface area (Å²) in [6, 6.07) is 1.32. The van der Waals surface area contributed by atoms with E-state index < -0.39 is 0 Å². The van der Waals surface area contributed by atoms with E-state index in [4.69, 9.17) is 9.47 Å². The first-order valence-corrected chi connectivity index (χ1v) is 12.5. The van der Waals surface area contributed by atoms with Crippen LogP contribution in [-0.4, -0.2) is 134 Å². The largest absolute Gasteiger partial charge is 0.472 e. The van der Waals surface area contributed by atoms with E-state index in [-0.39, 0.29) is 42.4 Å². The second-order valence-electron chi connectivity index (χ2n) is 9.90. The van der Waals surface area contributed by atoms with Crippen LogP contribution in [0.4, 0.5) is 0 Å². The van der Waals surface area contributed by atoms with Crippen molar-refractivity contribution in [3.05, 3.63) is 23.4 Å². The van der Waals surface area contributed by atoms with Crippen molar-refractivity contribution in [3.63, 3.8) is 0 Å². The van der Waals surface area contributed by atoms with Crippen LogP contribution in [0.2, 0.25) is 0 Å². The van der Waals surface area contributed by atoms with E-state index in [0.29, 0.717) is 50.5 Å². The molecule has 2 aliphatic heterocycles. The summed E-state index contributed by atoms with van der Waals surface area (Å²) in [4.78, 5) is 38.2. The third kappa shape index (κ3) is 7.40. The molecule has 36 heavy (non-hydrogen) atoms. The fraction of sp³-hybridized carbons (Fsp3) is 0.654. The zero-order valence-corrected chi connectivity index (χ0v) is 22.1. The fourth-order valence-electron chi connectivity index (χ4n) is 4.13. The normalized spacial score (nSPS) is 21.5. The van der Waals surface area contributed by atoms with E-state index >= 15 is 0 Å². The van der Waals surface area contributed by atoms with Crippen molar-refractivity contribution in [2.45, 2.75) is 26.0 Å². The molecular formula is C26H39N5O5. The molecule has 3 rings (SSSR count). The summed E-state index contributed by atoms with van der Waals surface area (Å²) in [5.41, 5.74) is 0.929. The van der Waals surface area contributed by atoms with E-state index in [9.17, 15) is 14.7 Å². The maximum absolute atomic E-state index is 13.5. The molecule has 0 aromatic carbocycles. The van der Waals surface area contributed by atoms with Crippen LogP contribution in [0.5, 0.6) is 5.88 Å². The summed E-state index contributed by atoms with van der Waals surface area (Å²) in [6.07, 6.45) is 1.22. The van der Waals surface area contributed by atoms with Crippen LogP contribution in [0, 0.1) is 17.8 Å². The summed E-state index contributed by atoms with van der Waals surface area (Å²) >= 11 is 0. The lowest BCUT2D eigenvalue weighted by atomic mass is 10.00. The predicted octanol–water partition coefficient (Wildman–Crippen LogP) is 0.00540. The number of morpholine rings is 1. The van der Waals surface area contributed by atoms with E-state index in [1.807, 2.05) is 32.8 Å². The lowest BCUT2D eigenvalue weighted by Gasteiger charge is -2.38. The number of carbonyl (C=O) groups is 2. The first-order chi connectivity index (χ1) is 17.2. The van der Waals surface area contributed by atoms with Gasteiger partial charge in [-0.15, -0.1) is 0 Å². The number of ether oxygens (including phenoxy) is 2. The smallest absolute Gasteiger partial charge is 0.259 e. The van der Waals surface area contributed by atoms with Crippen LogP contribution in [0.1, 0.15) is 29.8 Å². The number of nitrogens with zero attached hydrogens (tertiary/aromatic N) is 5. The Bertz CT molecular complexity index is 969. The van der Waals surface area contributed by atoms with Gasteiger partial charge >= 0.3 is 0 Å². The molecule has 3 atom stereocenters. The van der Waals surface area contributed by atoms with Gasteiger partial charge in [-0.1, -0.05) is 18.8 Å². The van der Waals surface area contributed by atoms with E-state index in [0.717, 1.165) is 13.1 Å². The van der Waals surface area contributed by atoms with Crippen molar-refractivity contribution >= 4 is 11.8 Å². The number of hydrogen-bond donors (Lipinski definition) is 1. The average Bonchev–Trinajstić information content (AvgIpc) is 2.86. The van der Waals surface area contributed by atoms with E-state index in [1.165, 1.54) is 0 Å². The topological polar surface area (TPSA) is 98.7 Å². The lowest BCUT2D eigenvalue weighted by molar-refractivity contribution is -0.133. The molecule has 1 aromatic rings. The van der Waals surface area contributed by atoms with Gasteiger partial charge in [0.25, 0.3) is 5.91 Å². The summed E-state index contributed by atoms with van der Waals surface area (Å²) in [7, 11) is 5.64. The Hall–Kier alpha value is -2.71. The highest BCUT2D eigenvalue weighted by Gasteiger charge is 2.34. The Labute approximate surface area is 214 Å². The number of amides is 2. The molecule has 10 nitrogen and oxygen atoms in total. The van der Waals surface area contributed by atoms with Gasteiger partial charge in [-0.05, 0) is 27.1 Å². The SMILES string of the molecule is C[C@H](CO)N1C[C@H](C)[C@@H](CN(C)C(=O)CN2CCOCC2)Oc2ncc(C#CCN(C)C)cc2C1=O. The monoisotopic (exact) mass is 501 g/mol. The molecule has 3 heterocycles. The average molecular weight is 502 g/mol. The number of rotatable bonds is 7. The third-order valence-electron chi connectivity index (χ3n) is 6.49. The van der Waals surface area contributed by atoms with Gasteiger partial charge in [-0.2, -0.15) is 0 Å². The maximum Gasteiger partial charge on any atom is 0.259 e. The third-order valence-corrected chi connectivity index (χ3v) is 6.49. The van der Waals surface area contributed by atoms with E-state index in [2.05, 4.69) is 21.7 Å². The van der Waals surface area contributed by atoms with E-state index in [1.54, 1.807) is 29.1 Å². The summed E-state index contributed by atoms with van der Waals surface area (Å²) in [5.74, 6) is 5.98. The van der Waals surface area contributed by atoms with Crippen molar-refractivity contribution in [2.24, 2.45) is 5.92 Å². The number of hydrogen-bond acceptors (Lipinski definition) is 8. The summed E-state index contributed by atoms with van der Waals surface area (Å²) < 4.78 is 11.7. The summed E-state index contributed by atoms with van der Waals surface area (Å²) in [5, 5.41) is 9.83. The molecule has 0 radical (unpaired) electrons. The lowest BCUT2D eigenvalue weighted by Crippen LogP contribution is -2.51. The van der Waals surface area contributed by atoms with Crippen LogP contribution < -0.4 is 4.74 Å². The number of aliphatic hydroxyl groups excluding tert-OH is 1. The highest BCUT2D eigenvalue weighted by Crippen LogP contribution is 2.27. The minimum absolute atomic E-state index is 0.00566. The first kappa shape index (κ1) is 27.9. The fourth-order valence-corrected chi connectivity index (χ4v) is 4.13. The molecule has 198 valence electrons. The van der Waals surface area contributed by atoms with Gasteiger partial charge in [0.05, 0.1) is 45.5 Å². The number of likely N-dealkylation sites (N-methyl/N-ethyl adjacent to an activating group) is 1. The van der Waals surface area contributed by atoms with Crippen molar-refractivity contribution < 1.29 is 24.2 Å². The Morgan fingerprint density at radius 3 is 2.69 bits per heavy atom. The van der Waals surface area contributed by atoms with Crippen LogP contribution in [-0.2, 0) is 9.53 Å². The zero-order chi connectivity index (χ0) is 26.2. The number of aromatic nitrogens is 1. The predicted molar refractivity (Wildman–Crippen MR) is 136 cm³/mol. The number of carbonyl (C=O) groups excluding carboxylic acids is 2. The highest BCUT2D eigenvalue weighted by molar-refractivity contribution is 5.97. The van der Waals surface area contributed by atoms with Crippen LogP contribution in [0.3, 0.4) is 0 Å². The molecule has 0 unspecified atom stereocenters. The van der Waals surface area contributed by atoms with Crippen LogP contribution in [0.15, 0.2) is 12.3 Å². The molecule has 0 bridgehead atoms. The molecule has 1 saturated heterocycles. The molecule has 1 aromatic heterocycles. The Balaban J connectivity index is 1.83. The zero-order valence-electron chi connectivity index (χ0n) is 22.1. The maximum atomic E-state index is 13.5. The van der Waals surface area contributed by atoms with Crippen LogP contribution >= 0.6 is 0 Å². The molecule has 0 saturated carbocycles. The Kier molecular flexibility index (Phi) is 10.1. The van der Waals surface area contributed by atoms with Gasteiger partial charge in [-0.3, -0.25) is 19.4 Å². The Morgan fingerprint density at radius 2 is 2.03 bits per heavy atom.